The number of carbonyl (C=O) groups excluding carboxylic acids is 1. The summed E-state index contributed by atoms with van der Waals surface area (Å²) in [5.41, 5.74) is 1.15. The largest absolute Gasteiger partial charge is 0.493 e. The van der Waals surface area contributed by atoms with Gasteiger partial charge in [0.05, 0.1) is 19.1 Å². The highest BCUT2D eigenvalue weighted by Crippen LogP contribution is 2.28. The molecule has 0 atom stereocenters. The van der Waals surface area contributed by atoms with Gasteiger partial charge in [0.1, 0.15) is 0 Å². The Morgan fingerprint density at radius 1 is 1.07 bits per heavy atom. The summed E-state index contributed by atoms with van der Waals surface area (Å²) < 4.78 is 39.2. The number of aromatic nitrogens is 2. The molecule has 9 nitrogen and oxygen atoms in total. The molecule has 10 heteroatoms. The van der Waals surface area contributed by atoms with Crippen LogP contribution in [0.1, 0.15) is 5.56 Å². The van der Waals surface area contributed by atoms with Gasteiger partial charge in [0, 0.05) is 17.9 Å². The quantitative estimate of drug-likeness (QED) is 0.569. The van der Waals surface area contributed by atoms with Gasteiger partial charge < -0.3 is 13.9 Å². The van der Waals surface area contributed by atoms with Crippen LogP contribution in [0.15, 0.2) is 57.9 Å². The molecule has 0 unspecified atom stereocenters. The Morgan fingerprint density at radius 3 is 2.53 bits per heavy atom. The standard InChI is InChI=1S/C20H19N3O6S/c1-27-16-9-7-13(11-17(16)28-2)8-10-18(24)21-20-23-22-19(29-20)14-5-4-6-15(12-14)30(3,25)26/h4-12H,1-3H3,(H,21,23,24). The molecule has 30 heavy (non-hydrogen) atoms. The van der Waals surface area contributed by atoms with Gasteiger partial charge in [0.25, 0.3) is 5.91 Å². The molecule has 0 saturated carbocycles. The third-order valence-corrected chi connectivity index (χ3v) is 5.11. The molecule has 3 aromatic rings. The van der Waals surface area contributed by atoms with E-state index in [4.69, 9.17) is 13.9 Å². The fourth-order valence-corrected chi connectivity index (χ4v) is 3.19. The van der Waals surface area contributed by atoms with Gasteiger partial charge in [-0.25, -0.2) is 8.42 Å². The van der Waals surface area contributed by atoms with Crippen molar-refractivity contribution in [3.63, 3.8) is 0 Å². The second kappa shape index (κ2) is 8.78. The summed E-state index contributed by atoms with van der Waals surface area (Å²) in [4.78, 5) is 12.3. The van der Waals surface area contributed by atoms with Crippen molar-refractivity contribution < 1.29 is 27.1 Å². The smallest absolute Gasteiger partial charge is 0.322 e. The van der Waals surface area contributed by atoms with Crippen LogP contribution in [0.4, 0.5) is 6.01 Å². The van der Waals surface area contributed by atoms with Crippen LogP contribution in [0.25, 0.3) is 17.5 Å². The Morgan fingerprint density at radius 2 is 1.83 bits per heavy atom. The number of nitrogens with zero attached hydrogens (tertiary/aromatic N) is 2. The molecule has 0 saturated heterocycles. The molecule has 1 amide bonds. The number of carbonyl (C=O) groups is 1. The summed E-state index contributed by atoms with van der Waals surface area (Å²) in [6.45, 7) is 0. The Hall–Kier alpha value is -3.66. The number of amides is 1. The predicted molar refractivity (Wildman–Crippen MR) is 110 cm³/mol. The van der Waals surface area contributed by atoms with Crippen molar-refractivity contribution in [2.45, 2.75) is 4.90 Å². The van der Waals surface area contributed by atoms with Crippen LogP contribution < -0.4 is 14.8 Å². The van der Waals surface area contributed by atoms with Crippen LogP contribution in [-0.2, 0) is 14.6 Å². The van der Waals surface area contributed by atoms with Gasteiger partial charge in [-0.3, -0.25) is 10.1 Å². The number of methoxy groups -OCH3 is 2. The first-order chi connectivity index (χ1) is 14.3. The normalized spacial score (nSPS) is 11.4. The number of rotatable bonds is 7. The predicted octanol–water partition coefficient (Wildman–Crippen LogP) is 2.81. The number of benzene rings is 2. The molecule has 0 fully saturated rings. The minimum atomic E-state index is -3.37. The monoisotopic (exact) mass is 429 g/mol. The second-order valence-corrected chi connectivity index (χ2v) is 8.17. The first-order valence-electron chi connectivity index (χ1n) is 8.65. The van der Waals surface area contributed by atoms with Crippen molar-refractivity contribution >= 4 is 27.8 Å². The molecule has 3 rings (SSSR count). The topological polar surface area (TPSA) is 121 Å². The lowest BCUT2D eigenvalue weighted by Gasteiger charge is -2.07. The van der Waals surface area contributed by atoms with Crippen LogP contribution in [0.3, 0.4) is 0 Å². The highest BCUT2D eigenvalue weighted by molar-refractivity contribution is 7.90. The average molecular weight is 429 g/mol. The van der Waals surface area contributed by atoms with Gasteiger partial charge in [0.2, 0.25) is 5.89 Å². The fraction of sp³-hybridized carbons (Fsp3) is 0.150. The molecular formula is C20H19N3O6S. The molecule has 1 aromatic heterocycles. The van der Waals surface area contributed by atoms with Crippen LogP contribution in [-0.4, -0.2) is 45.0 Å². The first kappa shape index (κ1) is 21.1. The number of ether oxygens (including phenoxy) is 2. The lowest BCUT2D eigenvalue weighted by molar-refractivity contribution is -0.112. The minimum absolute atomic E-state index is 0.0830. The maximum Gasteiger partial charge on any atom is 0.322 e. The van der Waals surface area contributed by atoms with Gasteiger partial charge in [-0.15, -0.1) is 5.10 Å². The molecule has 0 aliphatic carbocycles. The third kappa shape index (κ3) is 5.03. The zero-order valence-electron chi connectivity index (χ0n) is 16.4. The van der Waals surface area contributed by atoms with E-state index in [1.807, 2.05) is 0 Å². The van der Waals surface area contributed by atoms with Gasteiger partial charge in [-0.1, -0.05) is 17.2 Å². The summed E-state index contributed by atoms with van der Waals surface area (Å²) in [6, 6.07) is 11.2. The number of nitrogens with one attached hydrogen (secondary N) is 1. The highest BCUT2D eigenvalue weighted by Gasteiger charge is 2.13. The maximum atomic E-state index is 12.1. The SMILES string of the molecule is COc1ccc(C=CC(=O)Nc2nnc(-c3cccc(S(C)(=O)=O)c3)o2)cc1OC. The summed E-state index contributed by atoms with van der Waals surface area (Å²) >= 11 is 0. The fourth-order valence-electron chi connectivity index (χ4n) is 2.53. The lowest BCUT2D eigenvalue weighted by atomic mass is 10.2. The van der Waals surface area contributed by atoms with Crippen LogP contribution in [0.2, 0.25) is 0 Å². The Bertz CT molecular complexity index is 1200. The van der Waals surface area contributed by atoms with Gasteiger partial charge in [-0.2, -0.15) is 0 Å². The summed E-state index contributed by atoms with van der Waals surface area (Å²) in [7, 11) is -0.311. The minimum Gasteiger partial charge on any atom is -0.493 e. The lowest BCUT2D eigenvalue weighted by Crippen LogP contribution is -2.07. The Balaban J connectivity index is 1.70. The number of anilines is 1. The van der Waals surface area contributed by atoms with E-state index in [-0.39, 0.29) is 16.8 Å². The molecule has 0 aliphatic rings. The Labute approximate surface area is 173 Å². The van der Waals surface area contributed by atoms with Crippen molar-refractivity contribution in [3.05, 3.63) is 54.1 Å². The van der Waals surface area contributed by atoms with E-state index in [2.05, 4.69) is 15.5 Å². The number of hydrogen-bond donors (Lipinski definition) is 1. The molecule has 0 radical (unpaired) electrons. The zero-order valence-corrected chi connectivity index (χ0v) is 17.3. The molecule has 0 bridgehead atoms. The van der Waals surface area contributed by atoms with Crippen molar-refractivity contribution in [2.24, 2.45) is 0 Å². The molecule has 1 heterocycles. The van der Waals surface area contributed by atoms with E-state index in [0.717, 1.165) is 11.8 Å². The van der Waals surface area contributed by atoms with Gasteiger partial charge in [0.15, 0.2) is 21.3 Å². The van der Waals surface area contributed by atoms with E-state index in [1.165, 1.54) is 32.4 Å². The maximum absolute atomic E-state index is 12.1. The first-order valence-corrected chi connectivity index (χ1v) is 10.5. The molecule has 0 aliphatic heterocycles. The third-order valence-electron chi connectivity index (χ3n) is 4.00. The summed E-state index contributed by atoms with van der Waals surface area (Å²) in [5.74, 6) is 0.722. The van der Waals surface area contributed by atoms with E-state index < -0.39 is 15.7 Å². The van der Waals surface area contributed by atoms with E-state index in [1.54, 1.807) is 36.4 Å². The summed E-state index contributed by atoms with van der Waals surface area (Å²) in [5, 5.41) is 10.1. The van der Waals surface area contributed by atoms with Gasteiger partial charge in [-0.05, 0) is 42.0 Å². The highest BCUT2D eigenvalue weighted by atomic mass is 32.2. The molecule has 1 N–H and O–H groups in total. The van der Waals surface area contributed by atoms with Crippen molar-refractivity contribution in [1.29, 1.82) is 0 Å². The van der Waals surface area contributed by atoms with Crippen LogP contribution >= 0.6 is 0 Å². The second-order valence-electron chi connectivity index (χ2n) is 6.15. The van der Waals surface area contributed by atoms with E-state index >= 15 is 0 Å². The average Bonchev–Trinajstić information content (AvgIpc) is 3.20. The van der Waals surface area contributed by atoms with Crippen molar-refractivity contribution in [3.8, 4) is 23.0 Å². The molecule has 0 spiro atoms. The van der Waals surface area contributed by atoms with E-state index in [9.17, 15) is 13.2 Å². The molecule has 2 aromatic carbocycles. The molecular weight excluding hydrogens is 410 g/mol. The van der Waals surface area contributed by atoms with Crippen molar-refractivity contribution in [1.82, 2.24) is 10.2 Å². The van der Waals surface area contributed by atoms with E-state index in [0.29, 0.717) is 17.1 Å². The molecule has 156 valence electrons. The summed E-state index contributed by atoms with van der Waals surface area (Å²) in [6.07, 6.45) is 4.00. The number of sulfone groups is 1. The van der Waals surface area contributed by atoms with Gasteiger partial charge >= 0.3 is 6.01 Å². The Kier molecular flexibility index (Phi) is 6.17. The zero-order chi connectivity index (χ0) is 21.7. The van der Waals surface area contributed by atoms with Crippen LogP contribution in [0, 0.1) is 0 Å². The van der Waals surface area contributed by atoms with Crippen LogP contribution in [0.5, 0.6) is 11.5 Å². The number of hydrogen-bond acceptors (Lipinski definition) is 8. The van der Waals surface area contributed by atoms with Crippen molar-refractivity contribution in [2.75, 3.05) is 25.8 Å².